The van der Waals surface area contributed by atoms with Crippen LogP contribution in [0.15, 0.2) is 30.3 Å². The summed E-state index contributed by atoms with van der Waals surface area (Å²) in [6.45, 7) is 7.42. The average Bonchev–Trinajstić information content (AvgIpc) is 2.60. The molecular weight excluding hydrogens is 354 g/mol. The molecule has 2 N–H and O–H groups in total. The SMILES string of the molecule is CCCOc1c(Cl)cc(CNc2cc(C(=O)O)ccc2C)cc1OCC. The minimum atomic E-state index is -0.952. The van der Waals surface area contributed by atoms with Crippen molar-refractivity contribution >= 4 is 23.3 Å². The third-order valence-electron chi connectivity index (χ3n) is 3.79. The van der Waals surface area contributed by atoms with Gasteiger partial charge in [0, 0.05) is 12.2 Å². The topological polar surface area (TPSA) is 67.8 Å². The second kappa shape index (κ2) is 9.34. The first-order chi connectivity index (χ1) is 12.5. The maximum Gasteiger partial charge on any atom is 0.335 e. The van der Waals surface area contributed by atoms with Gasteiger partial charge in [0.15, 0.2) is 11.5 Å². The van der Waals surface area contributed by atoms with E-state index in [4.69, 9.17) is 26.2 Å². The highest BCUT2D eigenvalue weighted by atomic mass is 35.5. The maximum atomic E-state index is 11.1. The van der Waals surface area contributed by atoms with Gasteiger partial charge in [-0.2, -0.15) is 0 Å². The fourth-order valence-electron chi connectivity index (χ4n) is 2.47. The van der Waals surface area contributed by atoms with Crippen LogP contribution in [-0.2, 0) is 6.54 Å². The zero-order valence-electron chi connectivity index (χ0n) is 15.3. The summed E-state index contributed by atoms with van der Waals surface area (Å²) in [5.74, 6) is 0.219. The van der Waals surface area contributed by atoms with Crippen molar-refractivity contribution in [1.29, 1.82) is 0 Å². The van der Waals surface area contributed by atoms with Crippen molar-refractivity contribution in [3.63, 3.8) is 0 Å². The number of carboxylic acids is 1. The molecule has 0 unspecified atom stereocenters. The van der Waals surface area contributed by atoms with Crippen LogP contribution in [0.1, 0.15) is 41.8 Å². The van der Waals surface area contributed by atoms with E-state index >= 15 is 0 Å². The van der Waals surface area contributed by atoms with Crippen molar-refractivity contribution in [2.45, 2.75) is 33.7 Å². The molecule has 0 aromatic heterocycles. The Kier molecular flexibility index (Phi) is 7.16. The lowest BCUT2D eigenvalue weighted by molar-refractivity contribution is 0.0697. The van der Waals surface area contributed by atoms with Crippen LogP contribution in [-0.4, -0.2) is 24.3 Å². The van der Waals surface area contributed by atoms with E-state index < -0.39 is 5.97 Å². The Labute approximate surface area is 158 Å². The fourth-order valence-corrected chi connectivity index (χ4v) is 2.76. The number of carbonyl (C=O) groups is 1. The number of carboxylic acid groups (broad SMARTS) is 1. The third-order valence-corrected chi connectivity index (χ3v) is 4.07. The van der Waals surface area contributed by atoms with E-state index in [1.54, 1.807) is 18.2 Å². The number of rotatable bonds is 9. The van der Waals surface area contributed by atoms with Gasteiger partial charge in [0.05, 0.1) is 23.8 Å². The van der Waals surface area contributed by atoms with Crippen LogP contribution < -0.4 is 14.8 Å². The standard InChI is InChI=1S/C20H24ClNO4/c1-4-8-26-19-16(21)9-14(10-18(19)25-5-2)12-22-17-11-15(20(23)24)7-6-13(17)3/h6-7,9-11,22H,4-5,8,12H2,1-3H3,(H,23,24). The summed E-state index contributed by atoms with van der Waals surface area (Å²) in [5, 5.41) is 12.9. The lowest BCUT2D eigenvalue weighted by Gasteiger charge is -2.16. The summed E-state index contributed by atoms with van der Waals surface area (Å²) in [7, 11) is 0. The van der Waals surface area contributed by atoms with Gasteiger partial charge in [-0.3, -0.25) is 0 Å². The van der Waals surface area contributed by atoms with Crippen LogP contribution in [0.25, 0.3) is 0 Å². The Morgan fingerprint density at radius 2 is 1.96 bits per heavy atom. The number of hydrogen-bond donors (Lipinski definition) is 2. The van der Waals surface area contributed by atoms with Crippen molar-refractivity contribution in [2.24, 2.45) is 0 Å². The Balaban J connectivity index is 2.22. The molecule has 0 amide bonds. The van der Waals surface area contributed by atoms with Gasteiger partial charge in [-0.05, 0) is 55.7 Å². The van der Waals surface area contributed by atoms with Gasteiger partial charge >= 0.3 is 5.97 Å². The largest absolute Gasteiger partial charge is 0.490 e. The van der Waals surface area contributed by atoms with E-state index in [0.717, 1.165) is 23.2 Å². The fraction of sp³-hybridized carbons (Fsp3) is 0.350. The summed E-state index contributed by atoms with van der Waals surface area (Å²) in [6, 6.07) is 8.72. The minimum absolute atomic E-state index is 0.245. The van der Waals surface area contributed by atoms with Gasteiger partial charge in [-0.1, -0.05) is 24.6 Å². The number of ether oxygens (including phenoxy) is 2. The summed E-state index contributed by atoms with van der Waals surface area (Å²) in [4.78, 5) is 11.1. The van der Waals surface area contributed by atoms with Crippen LogP contribution in [0.2, 0.25) is 5.02 Å². The highest BCUT2D eigenvalue weighted by Crippen LogP contribution is 2.37. The summed E-state index contributed by atoms with van der Waals surface area (Å²) < 4.78 is 11.4. The number of halogens is 1. The first-order valence-corrected chi connectivity index (χ1v) is 8.99. The lowest BCUT2D eigenvalue weighted by atomic mass is 10.1. The van der Waals surface area contributed by atoms with Crippen molar-refractivity contribution in [3.8, 4) is 11.5 Å². The third kappa shape index (κ3) is 5.05. The van der Waals surface area contributed by atoms with Crippen molar-refractivity contribution < 1.29 is 19.4 Å². The maximum absolute atomic E-state index is 11.1. The molecule has 0 aliphatic rings. The van der Waals surface area contributed by atoms with Crippen LogP contribution in [0.5, 0.6) is 11.5 Å². The van der Waals surface area contributed by atoms with Crippen LogP contribution in [0, 0.1) is 6.92 Å². The predicted molar refractivity (Wildman–Crippen MR) is 104 cm³/mol. The number of aromatic carboxylic acids is 1. The average molecular weight is 378 g/mol. The van der Waals surface area contributed by atoms with E-state index in [9.17, 15) is 4.79 Å². The molecule has 0 spiro atoms. The Bertz CT molecular complexity index is 777. The normalized spacial score (nSPS) is 10.5. The second-order valence-electron chi connectivity index (χ2n) is 5.87. The molecule has 0 saturated carbocycles. The van der Waals surface area contributed by atoms with Crippen molar-refractivity contribution in [2.75, 3.05) is 18.5 Å². The molecule has 2 aromatic rings. The molecule has 2 aromatic carbocycles. The van der Waals surface area contributed by atoms with E-state index in [0.29, 0.717) is 36.3 Å². The van der Waals surface area contributed by atoms with Gasteiger partial charge in [-0.25, -0.2) is 4.79 Å². The quantitative estimate of drug-likeness (QED) is 0.632. The monoisotopic (exact) mass is 377 g/mol. The van der Waals surface area contributed by atoms with Crippen molar-refractivity contribution in [1.82, 2.24) is 0 Å². The van der Waals surface area contributed by atoms with E-state index in [1.807, 2.05) is 32.9 Å². The molecule has 0 heterocycles. The first-order valence-electron chi connectivity index (χ1n) is 8.62. The van der Waals surface area contributed by atoms with Crippen LogP contribution >= 0.6 is 11.6 Å². The zero-order valence-corrected chi connectivity index (χ0v) is 16.0. The van der Waals surface area contributed by atoms with Gasteiger partial charge in [-0.15, -0.1) is 0 Å². The molecule has 0 saturated heterocycles. The van der Waals surface area contributed by atoms with Gasteiger partial charge < -0.3 is 19.9 Å². The molecule has 140 valence electrons. The summed E-state index contributed by atoms with van der Waals surface area (Å²) in [6.07, 6.45) is 0.879. The van der Waals surface area contributed by atoms with Crippen molar-refractivity contribution in [3.05, 3.63) is 52.0 Å². The minimum Gasteiger partial charge on any atom is -0.490 e. The molecule has 2 rings (SSSR count). The van der Waals surface area contributed by atoms with Gasteiger partial charge in [0.25, 0.3) is 0 Å². The summed E-state index contributed by atoms with van der Waals surface area (Å²) in [5.41, 5.74) is 2.90. The van der Waals surface area contributed by atoms with Gasteiger partial charge in [0.1, 0.15) is 0 Å². The molecule has 0 aliphatic carbocycles. The first kappa shape index (κ1) is 19.9. The Morgan fingerprint density at radius 3 is 2.62 bits per heavy atom. The van der Waals surface area contributed by atoms with E-state index in [1.165, 1.54) is 0 Å². The Morgan fingerprint density at radius 1 is 1.19 bits per heavy atom. The lowest BCUT2D eigenvalue weighted by Crippen LogP contribution is -2.06. The molecule has 5 nitrogen and oxygen atoms in total. The number of anilines is 1. The predicted octanol–water partition coefficient (Wildman–Crippen LogP) is 5.15. The molecular formula is C20H24ClNO4. The highest BCUT2D eigenvalue weighted by molar-refractivity contribution is 6.32. The smallest absolute Gasteiger partial charge is 0.335 e. The highest BCUT2D eigenvalue weighted by Gasteiger charge is 2.13. The van der Waals surface area contributed by atoms with E-state index in [-0.39, 0.29) is 5.56 Å². The zero-order chi connectivity index (χ0) is 19.1. The molecule has 0 radical (unpaired) electrons. The van der Waals surface area contributed by atoms with Crippen LogP contribution in [0.4, 0.5) is 5.69 Å². The van der Waals surface area contributed by atoms with Crippen LogP contribution in [0.3, 0.4) is 0 Å². The molecule has 0 aliphatic heterocycles. The van der Waals surface area contributed by atoms with E-state index in [2.05, 4.69) is 5.32 Å². The molecule has 0 fully saturated rings. The molecule has 6 heteroatoms. The molecule has 26 heavy (non-hydrogen) atoms. The second-order valence-corrected chi connectivity index (χ2v) is 6.28. The number of hydrogen-bond acceptors (Lipinski definition) is 4. The Hall–Kier alpha value is -2.40. The van der Waals surface area contributed by atoms with Gasteiger partial charge in [0.2, 0.25) is 0 Å². The summed E-state index contributed by atoms with van der Waals surface area (Å²) >= 11 is 6.38. The number of benzene rings is 2. The number of nitrogens with one attached hydrogen (secondary N) is 1. The molecule has 0 bridgehead atoms. The molecule has 0 atom stereocenters. The number of aryl methyl sites for hydroxylation is 1.